The summed E-state index contributed by atoms with van der Waals surface area (Å²) in [4.78, 5) is 0. The summed E-state index contributed by atoms with van der Waals surface area (Å²) in [6.07, 6.45) is 1.88. The lowest BCUT2D eigenvalue weighted by molar-refractivity contribution is 0.432. The van der Waals surface area contributed by atoms with E-state index in [1.54, 1.807) is 0 Å². The molecule has 2 nitrogen and oxygen atoms in total. The molecule has 102 valence electrons. The molecule has 1 unspecified atom stereocenters. The van der Waals surface area contributed by atoms with Crippen molar-refractivity contribution in [2.45, 2.75) is 66.0 Å². The van der Waals surface area contributed by atoms with E-state index in [1.807, 2.05) is 0 Å². The van der Waals surface area contributed by atoms with Crippen LogP contribution in [0.3, 0.4) is 0 Å². The molecule has 0 amide bonds. The molecule has 0 saturated carbocycles. The Labute approximate surface area is 112 Å². The number of hydrogen-bond acceptors (Lipinski definition) is 2. The SMILES string of the molecule is Cc1cc(C)c(C)c(C(N)CCC(C)(C)N)c1C. The van der Waals surface area contributed by atoms with E-state index in [4.69, 9.17) is 11.5 Å². The van der Waals surface area contributed by atoms with Gasteiger partial charge in [-0.3, -0.25) is 0 Å². The largest absolute Gasteiger partial charge is 0.326 e. The van der Waals surface area contributed by atoms with E-state index in [9.17, 15) is 0 Å². The molecule has 0 heterocycles. The van der Waals surface area contributed by atoms with Crippen molar-refractivity contribution in [3.63, 3.8) is 0 Å². The molecule has 4 N–H and O–H groups in total. The lowest BCUT2D eigenvalue weighted by Crippen LogP contribution is -2.33. The highest BCUT2D eigenvalue weighted by molar-refractivity contribution is 5.45. The third-order valence-electron chi connectivity index (χ3n) is 3.89. The van der Waals surface area contributed by atoms with Crippen molar-refractivity contribution in [2.24, 2.45) is 11.5 Å². The molecule has 1 atom stereocenters. The zero-order chi connectivity index (χ0) is 14.1. The van der Waals surface area contributed by atoms with Crippen LogP contribution in [0.5, 0.6) is 0 Å². The Hall–Kier alpha value is -0.860. The molecule has 1 aromatic rings. The molecule has 0 spiro atoms. The Morgan fingerprint density at radius 3 is 1.89 bits per heavy atom. The third-order valence-corrected chi connectivity index (χ3v) is 3.89. The van der Waals surface area contributed by atoms with E-state index in [-0.39, 0.29) is 11.6 Å². The van der Waals surface area contributed by atoms with Gasteiger partial charge in [0.15, 0.2) is 0 Å². The molecule has 0 saturated heterocycles. The van der Waals surface area contributed by atoms with Crippen LogP contribution in [-0.2, 0) is 0 Å². The van der Waals surface area contributed by atoms with Crippen molar-refractivity contribution in [2.75, 3.05) is 0 Å². The van der Waals surface area contributed by atoms with Crippen LogP contribution in [0.25, 0.3) is 0 Å². The van der Waals surface area contributed by atoms with Gasteiger partial charge in [-0.2, -0.15) is 0 Å². The van der Waals surface area contributed by atoms with Gasteiger partial charge in [-0.15, -0.1) is 0 Å². The summed E-state index contributed by atoms with van der Waals surface area (Å²) < 4.78 is 0. The van der Waals surface area contributed by atoms with Gasteiger partial charge in [0.05, 0.1) is 0 Å². The summed E-state index contributed by atoms with van der Waals surface area (Å²) in [6.45, 7) is 12.8. The number of nitrogens with two attached hydrogens (primary N) is 2. The molecule has 0 aromatic heterocycles. The minimum absolute atomic E-state index is 0.0893. The Morgan fingerprint density at radius 1 is 1.06 bits per heavy atom. The Morgan fingerprint density at radius 2 is 1.50 bits per heavy atom. The van der Waals surface area contributed by atoms with Gasteiger partial charge < -0.3 is 11.5 Å². The Bertz CT molecular complexity index is 401. The van der Waals surface area contributed by atoms with Crippen LogP contribution in [0, 0.1) is 27.7 Å². The van der Waals surface area contributed by atoms with Gasteiger partial charge >= 0.3 is 0 Å². The number of hydrogen-bond donors (Lipinski definition) is 2. The van der Waals surface area contributed by atoms with E-state index in [1.165, 1.54) is 27.8 Å². The van der Waals surface area contributed by atoms with E-state index in [0.29, 0.717) is 0 Å². The zero-order valence-corrected chi connectivity index (χ0v) is 12.7. The van der Waals surface area contributed by atoms with Crippen LogP contribution >= 0.6 is 0 Å². The molecular weight excluding hydrogens is 220 g/mol. The van der Waals surface area contributed by atoms with Crippen LogP contribution < -0.4 is 11.5 Å². The van der Waals surface area contributed by atoms with Crippen molar-refractivity contribution in [3.8, 4) is 0 Å². The highest BCUT2D eigenvalue weighted by atomic mass is 14.7. The summed E-state index contributed by atoms with van der Waals surface area (Å²) in [7, 11) is 0. The number of aryl methyl sites for hydroxylation is 2. The molecule has 0 aliphatic rings. The summed E-state index contributed by atoms with van der Waals surface area (Å²) in [5.74, 6) is 0. The fraction of sp³-hybridized carbons (Fsp3) is 0.625. The van der Waals surface area contributed by atoms with E-state index in [0.717, 1.165) is 12.8 Å². The van der Waals surface area contributed by atoms with Crippen molar-refractivity contribution in [3.05, 3.63) is 33.9 Å². The first-order valence-corrected chi connectivity index (χ1v) is 6.75. The van der Waals surface area contributed by atoms with Gasteiger partial charge in [0.25, 0.3) is 0 Å². The first kappa shape index (κ1) is 15.2. The monoisotopic (exact) mass is 248 g/mol. The summed E-state index contributed by atoms with van der Waals surface area (Å²) in [5.41, 5.74) is 18.9. The maximum absolute atomic E-state index is 6.39. The van der Waals surface area contributed by atoms with E-state index < -0.39 is 0 Å². The maximum Gasteiger partial charge on any atom is 0.0300 e. The van der Waals surface area contributed by atoms with Gasteiger partial charge in [0, 0.05) is 11.6 Å². The lowest BCUT2D eigenvalue weighted by atomic mass is 9.86. The second-order valence-corrected chi connectivity index (χ2v) is 6.31. The molecule has 0 aliphatic carbocycles. The average molecular weight is 248 g/mol. The van der Waals surface area contributed by atoms with Gasteiger partial charge in [-0.05, 0) is 82.2 Å². The molecule has 18 heavy (non-hydrogen) atoms. The fourth-order valence-electron chi connectivity index (χ4n) is 2.48. The van der Waals surface area contributed by atoms with Crippen LogP contribution in [0.2, 0.25) is 0 Å². The molecule has 0 fully saturated rings. The average Bonchev–Trinajstić information content (AvgIpc) is 2.23. The summed E-state index contributed by atoms with van der Waals surface area (Å²) >= 11 is 0. The summed E-state index contributed by atoms with van der Waals surface area (Å²) in [5, 5.41) is 0. The summed E-state index contributed by atoms with van der Waals surface area (Å²) in [6, 6.07) is 2.33. The Balaban J connectivity index is 3.02. The van der Waals surface area contributed by atoms with Crippen LogP contribution in [-0.4, -0.2) is 5.54 Å². The minimum Gasteiger partial charge on any atom is -0.326 e. The van der Waals surface area contributed by atoms with Crippen molar-refractivity contribution < 1.29 is 0 Å². The number of rotatable bonds is 4. The third kappa shape index (κ3) is 3.56. The van der Waals surface area contributed by atoms with Gasteiger partial charge in [0.2, 0.25) is 0 Å². The van der Waals surface area contributed by atoms with Crippen LogP contribution in [0.4, 0.5) is 0 Å². The molecule has 0 bridgehead atoms. The molecule has 2 heteroatoms. The van der Waals surface area contributed by atoms with Crippen LogP contribution in [0.15, 0.2) is 6.07 Å². The second-order valence-electron chi connectivity index (χ2n) is 6.31. The van der Waals surface area contributed by atoms with E-state index >= 15 is 0 Å². The van der Waals surface area contributed by atoms with Gasteiger partial charge in [-0.25, -0.2) is 0 Å². The Kier molecular flexibility index (Phi) is 4.57. The van der Waals surface area contributed by atoms with E-state index in [2.05, 4.69) is 47.6 Å². The molecule has 1 aromatic carbocycles. The smallest absolute Gasteiger partial charge is 0.0300 e. The predicted octanol–water partition coefficient (Wildman–Crippen LogP) is 3.44. The second kappa shape index (κ2) is 5.41. The van der Waals surface area contributed by atoms with Crippen LogP contribution in [0.1, 0.15) is 60.5 Å². The first-order valence-electron chi connectivity index (χ1n) is 6.75. The lowest BCUT2D eigenvalue weighted by Gasteiger charge is -2.24. The zero-order valence-electron chi connectivity index (χ0n) is 12.7. The first-order chi connectivity index (χ1) is 8.13. The van der Waals surface area contributed by atoms with Gasteiger partial charge in [-0.1, -0.05) is 6.07 Å². The number of benzene rings is 1. The van der Waals surface area contributed by atoms with Crippen molar-refractivity contribution >= 4 is 0 Å². The fourth-order valence-corrected chi connectivity index (χ4v) is 2.48. The van der Waals surface area contributed by atoms with Crippen molar-refractivity contribution in [1.82, 2.24) is 0 Å². The highest BCUT2D eigenvalue weighted by Gasteiger charge is 2.18. The van der Waals surface area contributed by atoms with Crippen molar-refractivity contribution in [1.29, 1.82) is 0 Å². The minimum atomic E-state index is -0.141. The predicted molar refractivity (Wildman–Crippen MR) is 79.8 cm³/mol. The molecule has 0 aliphatic heterocycles. The molecule has 1 rings (SSSR count). The highest BCUT2D eigenvalue weighted by Crippen LogP contribution is 2.29. The standard InChI is InChI=1S/C16H28N2/c1-10-9-11(2)13(4)15(12(10)3)14(17)7-8-16(5,6)18/h9,14H,7-8,17-18H2,1-6H3. The molecular formula is C16H28N2. The quantitative estimate of drug-likeness (QED) is 0.857. The normalized spacial score (nSPS) is 13.8. The van der Waals surface area contributed by atoms with Gasteiger partial charge in [0.1, 0.15) is 0 Å². The molecule has 0 radical (unpaired) electrons. The topological polar surface area (TPSA) is 52.0 Å². The maximum atomic E-state index is 6.39.